The summed E-state index contributed by atoms with van der Waals surface area (Å²) < 4.78 is 40.8. The van der Waals surface area contributed by atoms with Crippen molar-refractivity contribution in [2.75, 3.05) is 13.7 Å². The number of ether oxygens (including phenoxy) is 1. The van der Waals surface area contributed by atoms with Crippen molar-refractivity contribution in [1.29, 1.82) is 0 Å². The second-order valence-electron chi connectivity index (χ2n) is 9.84. The van der Waals surface area contributed by atoms with Crippen molar-refractivity contribution in [3.8, 4) is 5.75 Å². The van der Waals surface area contributed by atoms with Crippen LogP contribution in [0.2, 0.25) is 0 Å². The molecule has 3 aromatic rings. The second-order valence-corrected chi connectivity index (χ2v) is 9.84. The zero-order valence-electron chi connectivity index (χ0n) is 20.6. The highest BCUT2D eigenvalue weighted by Gasteiger charge is 2.53. The lowest BCUT2D eigenvalue weighted by molar-refractivity contribution is -0.125. The number of carbonyl (C=O) groups is 5. The van der Waals surface area contributed by atoms with Gasteiger partial charge in [0.05, 0.1) is 25.6 Å². The molecule has 6 rings (SSSR count). The molecule has 0 saturated carbocycles. The fraction of sp³-hybridized carbons (Fsp3) is 0.269. The van der Waals surface area contributed by atoms with Crippen molar-refractivity contribution in [2.24, 2.45) is 0 Å². The molecule has 5 amide bonds. The van der Waals surface area contributed by atoms with Gasteiger partial charge in [0.15, 0.2) is 22.9 Å². The summed E-state index contributed by atoms with van der Waals surface area (Å²) in [6, 6.07) is 5.78. The molecule has 4 heterocycles. The molecule has 0 spiro atoms. The number of carbonyl (C=O) groups excluding carboxylic acids is 5. The van der Waals surface area contributed by atoms with Crippen molar-refractivity contribution in [3.63, 3.8) is 0 Å². The summed E-state index contributed by atoms with van der Waals surface area (Å²) in [5.74, 6) is -4.51. The molecule has 0 radical (unpaired) electrons. The molecule has 1 unspecified atom stereocenters. The largest absolute Gasteiger partial charge is 0.494 e. The molecular formula is C26H20F2N4O7. The lowest BCUT2D eigenvalue weighted by Gasteiger charge is -2.29. The van der Waals surface area contributed by atoms with E-state index in [1.54, 1.807) is 0 Å². The first-order valence-corrected chi connectivity index (χ1v) is 11.8. The smallest absolute Gasteiger partial charge is 0.322 e. The third-order valence-corrected chi connectivity index (χ3v) is 7.48. The number of benzene rings is 2. The van der Waals surface area contributed by atoms with Gasteiger partial charge in [0.1, 0.15) is 22.7 Å². The van der Waals surface area contributed by atoms with Crippen LogP contribution in [-0.4, -0.2) is 48.1 Å². The van der Waals surface area contributed by atoms with Crippen molar-refractivity contribution in [3.05, 3.63) is 64.4 Å². The summed E-state index contributed by atoms with van der Waals surface area (Å²) >= 11 is 0. The highest BCUT2D eigenvalue weighted by molar-refractivity contribution is 6.11. The molecule has 3 aliphatic heterocycles. The number of rotatable bonds is 5. The summed E-state index contributed by atoms with van der Waals surface area (Å²) in [5, 5.41) is 7.40. The summed E-state index contributed by atoms with van der Waals surface area (Å²) in [6.07, 6.45) is -0.390. The first-order chi connectivity index (χ1) is 18.5. The van der Waals surface area contributed by atoms with Crippen molar-refractivity contribution in [2.45, 2.75) is 31.0 Å². The molecule has 0 aliphatic carbocycles. The number of Topliss-reactive ketones (excluding diaryl/α,β-unsaturated/α-hetero) is 1. The number of nitrogens with one attached hydrogen (secondary N) is 3. The minimum atomic E-state index is -1.92. The number of fused-ring (bicyclic) bond motifs is 2. The number of hydrogen-bond acceptors (Lipinski definition) is 7. The van der Waals surface area contributed by atoms with E-state index in [0.29, 0.717) is 5.56 Å². The fourth-order valence-electron chi connectivity index (χ4n) is 5.41. The molecule has 11 nitrogen and oxygen atoms in total. The van der Waals surface area contributed by atoms with Gasteiger partial charge in [-0.1, -0.05) is 6.07 Å². The number of nitrogens with zero attached hydrogens (tertiary/aromatic N) is 1. The van der Waals surface area contributed by atoms with E-state index in [1.807, 2.05) is 0 Å². The quantitative estimate of drug-likeness (QED) is 0.331. The van der Waals surface area contributed by atoms with Crippen LogP contribution >= 0.6 is 0 Å². The zero-order chi connectivity index (χ0) is 27.9. The topological polar surface area (TPSA) is 147 Å². The Balaban J connectivity index is 1.41. The van der Waals surface area contributed by atoms with E-state index in [2.05, 4.69) is 16.0 Å². The van der Waals surface area contributed by atoms with Crippen LogP contribution in [0.15, 0.2) is 34.7 Å². The van der Waals surface area contributed by atoms with E-state index in [-0.39, 0.29) is 40.2 Å². The Morgan fingerprint density at radius 2 is 1.85 bits per heavy atom. The van der Waals surface area contributed by atoms with Crippen molar-refractivity contribution < 1.29 is 41.9 Å². The van der Waals surface area contributed by atoms with Gasteiger partial charge in [0.2, 0.25) is 5.91 Å². The molecular weight excluding hydrogens is 518 g/mol. The SMILES string of the molecule is COc1ccc2c(c1F)C(=O)N(C[C@]1(c3cc4cc(C5(C)NC(=O)CC5=O)c(F)cc4o3)NC(=O)NC1=O)C2. The van der Waals surface area contributed by atoms with E-state index >= 15 is 4.39 Å². The summed E-state index contributed by atoms with van der Waals surface area (Å²) in [5.41, 5.74) is -3.46. The van der Waals surface area contributed by atoms with Crippen molar-refractivity contribution >= 4 is 40.5 Å². The van der Waals surface area contributed by atoms with Crippen LogP contribution in [0, 0.1) is 11.6 Å². The van der Waals surface area contributed by atoms with Crippen molar-refractivity contribution in [1.82, 2.24) is 20.9 Å². The highest BCUT2D eigenvalue weighted by atomic mass is 19.1. The zero-order valence-corrected chi connectivity index (χ0v) is 20.6. The summed E-state index contributed by atoms with van der Waals surface area (Å²) in [4.78, 5) is 64.0. The van der Waals surface area contributed by atoms with Gasteiger partial charge < -0.3 is 24.7 Å². The maximum absolute atomic E-state index is 15.2. The van der Waals surface area contributed by atoms with Gasteiger partial charge >= 0.3 is 6.03 Å². The van der Waals surface area contributed by atoms with Crippen LogP contribution in [0.5, 0.6) is 5.75 Å². The van der Waals surface area contributed by atoms with Crippen LogP contribution in [0.25, 0.3) is 11.0 Å². The van der Waals surface area contributed by atoms with E-state index in [9.17, 15) is 28.4 Å². The van der Waals surface area contributed by atoms with Crippen LogP contribution < -0.4 is 20.7 Å². The first-order valence-electron chi connectivity index (χ1n) is 11.8. The summed E-state index contributed by atoms with van der Waals surface area (Å²) in [7, 11) is 1.27. The normalized spacial score (nSPS) is 24.3. The third kappa shape index (κ3) is 3.42. The molecule has 0 bridgehead atoms. The maximum Gasteiger partial charge on any atom is 0.322 e. The predicted molar refractivity (Wildman–Crippen MR) is 127 cm³/mol. The first kappa shape index (κ1) is 24.5. The Morgan fingerprint density at radius 3 is 2.49 bits per heavy atom. The minimum Gasteiger partial charge on any atom is -0.494 e. The van der Waals surface area contributed by atoms with Gasteiger partial charge in [0, 0.05) is 23.6 Å². The molecule has 2 aromatic carbocycles. The number of ketones is 1. The second kappa shape index (κ2) is 8.09. The lowest BCUT2D eigenvalue weighted by atomic mass is 9.88. The molecule has 3 N–H and O–H groups in total. The van der Waals surface area contributed by atoms with Gasteiger partial charge in [-0.25, -0.2) is 13.6 Å². The molecule has 13 heteroatoms. The number of urea groups is 1. The number of furan rings is 1. The molecule has 1 aromatic heterocycles. The number of halogens is 2. The van der Waals surface area contributed by atoms with Crippen LogP contribution in [0.1, 0.15) is 40.6 Å². The molecule has 2 saturated heterocycles. The van der Waals surface area contributed by atoms with E-state index in [1.165, 1.54) is 43.2 Å². The molecule has 200 valence electrons. The molecule has 2 fully saturated rings. The van der Waals surface area contributed by atoms with Gasteiger partial charge in [-0.2, -0.15) is 0 Å². The van der Waals surface area contributed by atoms with E-state index < -0.39 is 65.2 Å². The Morgan fingerprint density at radius 1 is 1.08 bits per heavy atom. The van der Waals surface area contributed by atoms with Gasteiger partial charge in [-0.05, 0) is 30.7 Å². The van der Waals surface area contributed by atoms with Crippen LogP contribution in [0.3, 0.4) is 0 Å². The monoisotopic (exact) mass is 538 g/mol. The van der Waals surface area contributed by atoms with Crippen LogP contribution in [-0.2, 0) is 32.0 Å². The van der Waals surface area contributed by atoms with Gasteiger partial charge in [0.25, 0.3) is 11.8 Å². The fourth-order valence-corrected chi connectivity index (χ4v) is 5.41. The Hall–Kier alpha value is -4.81. The van der Waals surface area contributed by atoms with Gasteiger partial charge in [-0.15, -0.1) is 0 Å². The predicted octanol–water partition coefficient (Wildman–Crippen LogP) is 1.71. The lowest BCUT2D eigenvalue weighted by Crippen LogP contribution is -2.52. The van der Waals surface area contributed by atoms with E-state index in [0.717, 1.165) is 6.07 Å². The van der Waals surface area contributed by atoms with Crippen LogP contribution in [0.4, 0.5) is 13.6 Å². The minimum absolute atomic E-state index is 0.00763. The Kier molecular flexibility index (Phi) is 5.09. The summed E-state index contributed by atoms with van der Waals surface area (Å²) in [6.45, 7) is 0.906. The maximum atomic E-state index is 15.2. The number of methoxy groups -OCH3 is 1. The highest BCUT2D eigenvalue weighted by Crippen LogP contribution is 2.38. The Bertz CT molecular complexity index is 1670. The number of amides is 5. The standard InChI is InChI=1S/C26H20F2N4O7/c1-25(17(33)8-19(34)30-25)13-5-12-6-18(39-16(12)7-14(13)27)26(23(36)29-24(37)31-26)10-32-9-11-3-4-15(38-2)21(28)20(11)22(32)35/h3-7H,8-10H2,1-2H3,(H,30,34)(H2,29,31,36,37)/t25?,26-/m1/s1. The molecule has 2 atom stereocenters. The molecule has 39 heavy (non-hydrogen) atoms. The number of hydrogen-bond donors (Lipinski definition) is 3. The van der Waals surface area contributed by atoms with Gasteiger partial charge in [-0.3, -0.25) is 24.5 Å². The average Bonchev–Trinajstić information content (AvgIpc) is 3.58. The number of imide groups is 1. The van der Waals surface area contributed by atoms with E-state index in [4.69, 9.17) is 9.15 Å². The average molecular weight is 538 g/mol. The third-order valence-electron chi connectivity index (χ3n) is 7.48. The Labute approximate surface area is 218 Å². The molecule has 3 aliphatic rings.